The average molecular weight is 206 g/mol. The molecule has 0 heterocycles. The highest BCUT2D eigenvalue weighted by Gasteiger charge is 2.18. The summed E-state index contributed by atoms with van der Waals surface area (Å²) >= 11 is 0. The molecule has 3 rings (SSSR count). The molecule has 2 aliphatic carbocycles. The fraction of sp³-hybridized carbons (Fsp3) is 0.125. The van der Waals surface area contributed by atoms with Crippen LogP contribution in [0, 0.1) is 0 Å². The first-order chi connectivity index (χ1) is 7.95. The van der Waals surface area contributed by atoms with E-state index >= 15 is 0 Å². The molecule has 0 nitrogen and oxygen atoms in total. The van der Waals surface area contributed by atoms with Gasteiger partial charge in [-0.15, -0.1) is 0 Å². The highest BCUT2D eigenvalue weighted by Crippen LogP contribution is 2.35. The Bertz CT molecular complexity index is 498. The molecular weight excluding hydrogens is 192 g/mol. The lowest BCUT2D eigenvalue weighted by molar-refractivity contribution is 1.02. The quantitative estimate of drug-likeness (QED) is 0.647. The molecule has 0 amide bonds. The number of benzene rings is 1. The second kappa shape index (κ2) is 3.97. The Morgan fingerprint density at radius 3 is 2.69 bits per heavy atom. The van der Waals surface area contributed by atoms with Crippen molar-refractivity contribution in [1.82, 2.24) is 0 Å². The predicted octanol–water partition coefficient (Wildman–Crippen LogP) is 4.15. The monoisotopic (exact) mass is 206 g/mol. The van der Waals surface area contributed by atoms with Crippen molar-refractivity contribution in [3.63, 3.8) is 0 Å². The summed E-state index contributed by atoms with van der Waals surface area (Å²) in [6.45, 7) is 0. The molecule has 1 aromatic rings. The van der Waals surface area contributed by atoms with E-state index in [4.69, 9.17) is 0 Å². The van der Waals surface area contributed by atoms with Gasteiger partial charge in [-0.1, -0.05) is 66.8 Å². The maximum Gasteiger partial charge on any atom is 0.0275 e. The normalized spacial score (nSPS) is 22.4. The molecule has 0 N–H and O–H groups in total. The Morgan fingerprint density at radius 2 is 1.81 bits per heavy atom. The van der Waals surface area contributed by atoms with E-state index in [2.05, 4.69) is 66.8 Å². The summed E-state index contributed by atoms with van der Waals surface area (Å²) in [6.07, 6.45) is 14.4. The summed E-state index contributed by atoms with van der Waals surface area (Å²) < 4.78 is 0. The number of hydrogen-bond acceptors (Lipinski definition) is 0. The van der Waals surface area contributed by atoms with Crippen LogP contribution in [-0.4, -0.2) is 0 Å². The van der Waals surface area contributed by atoms with E-state index in [-0.39, 0.29) is 0 Å². The molecule has 0 heteroatoms. The SMILES string of the molecule is C1=CC2=C(C=CC2)C(c2ccccc2)C=C1. The van der Waals surface area contributed by atoms with Crippen molar-refractivity contribution in [3.8, 4) is 0 Å². The lowest BCUT2D eigenvalue weighted by Gasteiger charge is -2.14. The van der Waals surface area contributed by atoms with Crippen molar-refractivity contribution >= 4 is 0 Å². The van der Waals surface area contributed by atoms with Crippen molar-refractivity contribution in [2.24, 2.45) is 0 Å². The second-order valence-electron chi connectivity index (χ2n) is 4.22. The molecular formula is C16H14. The summed E-state index contributed by atoms with van der Waals surface area (Å²) in [5.41, 5.74) is 4.29. The maximum absolute atomic E-state index is 2.28. The Hall–Kier alpha value is -1.82. The van der Waals surface area contributed by atoms with Crippen LogP contribution in [0.1, 0.15) is 17.9 Å². The molecule has 0 saturated carbocycles. The molecule has 16 heavy (non-hydrogen) atoms. The van der Waals surface area contributed by atoms with Crippen molar-refractivity contribution < 1.29 is 0 Å². The van der Waals surface area contributed by atoms with Gasteiger partial charge in [0.25, 0.3) is 0 Å². The van der Waals surface area contributed by atoms with E-state index in [1.165, 1.54) is 16.7 Å². The molecule has 0 aliphatic heterocycles. The minimum Gasteiger partial charge on any atom is -0.0798 e. The van der Waals surface area contributed by atoms with Crippen molar-refractivity contribution in [1.29, 1.82) is 0 Å². The third kappa shape index (κ3) is 1.57. The number of rotatable bonds is 1. The summed E-state index contributed by atoms with van der Waals surface area (Å²) in [7, 11) is 0. The smallest absolute Gasteiger partial charge is 0.0275 e. The zero-order chi connectivity index (χ0) is 10.8. The van der Waals surface area contributed by atoms with Crippen LogP contribution in [0.5, 0.6) is 0 Å². The van der Waals surface area contributed by atoms with Gasteiger partial charge in [-0.3, -0.25) is 0 Å². The third-order valence-electron chi connectivity index (χ3n) is 3.21. The topological polar surface area (TPSA) is 0 Å². The largest absolute Gasteiger partial charge is 0.0798 e. The van der Waals surface area contributed by atoms with E-state index in [0.29, 0.717) is 5.92 Å². The molecule has 0 bridgehead atoms. The van der Waals surface area contributed by atoms with Gasteiger partial charge in [-0.25, -0.2) is 0 Å². The van der Waals surface area contributed by atoms with Crippen LogP contribution in [0.4, 0.5) is 0 Å². The first-order valence-electron chi connectivity index (χ1n) is 5.74. The zero-order valence-electron chi connectivity index (χ0n) is 9.14. The van der Waals surface area contributed by atoms with Crippen LogP contribution < -0.4 is 0 Å². The standard InChI is InChI=1S/C16H14/c1-2-7-13(8-3-1)15-11-5-4-9-14-10-6-12-16(14)15/h1-9,11-12,15H,10H2. The van der Waals surface area contributed by atoms with Gasteiger partial charge in [0.2, 0.25) is 0 Å². The number of hydrogen-bond donors (Lipinski definition) is 0. The Balaban J connectivity index is 2.07. The minimum atomic E-state index is 0.421. The molecule has 0 radical (unpaired) electrons. The van der Waals surface area contributed by atoms with E-state index in [1.807, 2.05) is 0 Å². The molecule has 78 valence electrons. The second-order valence-corrected chi connectivity index (χ2v) is 4.22. The van der Waals surface area contributed by atoms with E-state index in [9.17, 15) is 0 Å². The summed E-state index contributed by atoms with van der Waals surface area (Å²) in [4.78, 5) is 0. The van der Waals surface area contributed by atoms with Crippen LogP contribution in [0.3, 0.4) is 0 Å². The summed E-state index contributed by atoms with van der Waals surface area (Å²) in [5, 5.41) is 0. The van der Waals surface area contributed by atoms with Crippen molar-refractivity contribution in [2.45, 2.75) is 12.3 Å². The van der Waals surface area contributed by atoms with Crippen LogP contribution in [-0.2, 0) is 0 Å². The average Bonchev–Trinajstić information content (AvgIpc) is 2.70. The van der Waals surface area contributed by atoms with Gasteiger partial charge < -0.3 is 0 Å². The van der Waals surface area contributed by atoms with Crippen molar-refractivity contribution in [2.75, 3.05) is 0 Å². The highest BCUT2D eigenvalue weighted by atomic mass is 14.2. The summed E-state index contributed by atoms with van der Waals surface area (Å²) in [6, 6.07) is 10.7. The van der Waals surface area contributed by atoms with Crippen LogP contribution >= 0.6 is 0 Å². The zero-order valence-corrected chi connectivity index (χ0v) is 9.14. The Morgan fingerprint density at radius 1 is 0.938 bits per heavy atom. The van der Waals surface area contributed by atoms with Gasteiger partial charge in [-0.2, -0.15) is 0 Å². The minimum absolute atomic E-state index is 0.421. The van der Waals surface area contributed by atoms with Gasteiger partial charge in [0.15, 0.2) is 0 Å². The molecule has 1 atom stereocenters. The van der Waals surface area contributed by atoms with Gasteiger partial charge in [0.1, 0.15) is 0 Å². The van der Waals surface area contributed by atoms with E-state index in [1.54, 1.807) is 0 Å². The maximum atomic E-state index is 2.28. The van der Waals surface area contributed by atoms with Crippen LogP contribution in [0.15, 0.2) is 77.9 Å². The van der Waals surface area contributed by atoms with Gasteiger partial charge in [0.05, 0.1) is 0 Å². The molecule has 0 saturated heterocycles. The fourth-order valence-electron chi connectivity index (χ4n) is 2.41. The predicted molar refractivity (Wildman–Crippen MR) is 68.2 cm³/mol. The van der Waals surface area contributed by atoms with Gasteiger partial charge in [-0.05, 0) is 23.1 Å². The molecule has 2 aliphatic rings. The van der Waals surface area contributed by atoms with Crippen LogP contribution in [0.25, 0.3) is 0 Å². The van der Waals surface area contributed by atoms with E-state index in [0.717, 1.165) is 6.42 Å². The Kier molecular flexibility index (Phi) is 2.34. The van der Waals surface area contributed by atoms with Gasteiger partial charge >= 0.3 is 0 Å². The van der Waals surface area contributed by atoms with E-state index < -0.39 is 0 Å². The lowest BCUT2D eigenvalue weighted by atomic mass is 9.90. The molecule has 0 fully saturated rings. The molecule has 0 aromatic heterocycles. The summed E-state index contributed by atoms with van der Waals surface area (Å²) in [5.74, 6) is 0.421. The lowest BCUT2D eigenvalue weighted by Crippen LogP contribution is -1.97. The highest BCUT2D eigenvalue weighted by molar-refractivity contribution is 5.51. The first kappa shape index (κ1) is 9.41. The Labute approximate surface area is 96.3 Å². The fourth-order valence-corrected chi connectivity index (χ4v) is 2.41. The molecule has 1 unspecified atom stereocenters. The number of allylic oxidation sites excluding steroid dienone is 8. The first-order valence-corrected chi connectivity index (χ1v) is 5.74. The molecule has 1 aromatic carbocycles. The van der Waals surface area contributed by atoms with Crippen LogP contribution in [0.2, 0.25) is 0 Å². The van der Waals surface area contributed by atoms with Gasteiger partial charge in [0, 0.05) is 5.92 Å². The molecule has 0 spiro atoms. The van der Waals surface area contributed by atoms with Crippen molar-refractivity contribution in [3.05, 3.63) is 83.5 Å². The third-order valence-corrected chi connectivity index (χ3v) is 3.21.